The van der Waals surface area contributed by atoms with E-state index in [1.165, 1.54) is 11.8 Å². The molecule has 3 aromatic carbocycles. The molecular formula is C28H24N4O3S2. The topological polar surface area (TPSA) is 105 Å². The number of carbonyl (C=O) groups excluding carboxylic acids is 3. The molecule has 1 aliphatic heterocycles. The lowest BCUT2D eigenvalue weighted by molar-refractivity contribution is -0.113. The Morgan fingerprint density at radius 3 is 2.49 bits per heavy atom. The number of allylic oxidation sites excluding steroid dienone is 2. The number of nitrogens with two attached hydrogens (primary N) is 1. The number of nitrogens with one attached hydrogen (secondary N) is 2. The van der Waals surface area contributed by atoms with Crippen molar-refractivity contribution in [2.24, 2.45) is 5.73 Å². The summed E-state index contributed by atoms with van der Waals surface area (Å²) in [5.41, 5.74) is 7.75. The van der Waals surface area contributed by atoms with E-state index in [1.54, 1.807) is 36.0 Å². The van der Waals surface area contributed by atoms with Crippen molar-refractivity contribution in [1.82, 2.24) is 0 Å². The van der Waals surface area contributed by atoms with Crippen molar-refractivity contribution in [3.63, 3.8) is 0 Å². The van der Waals surface area contributed by atoms with Gasteiger partial charge in [-0.3, -0.25) is 14.5 Å². The predicted octanol–water partition coefficient (Wildman–Crippen LogP) is 5.52. The van der Waals surface area contributed by atoms with Crippen LogP contribution in [-0.4, -0.2) is 34.9 Å². The average Bonchev–Trinajstić information content (AvgIpc) is 2.91. The summed E-state index contributed by atoms with van der Waals surface area (Å²) in [6.45, 7) is 0. The maximum absolute atomic E-state index is 13.5. The number of benzene rings is 3. The van der Waals surface area contributed by atoms with E-state index < -0.39 is 5.91 Å². The number of anilines is 3. The van der Waals surface area contributed by atoms with Crippen molar-refractivity contribution in [3.05, 3.63) is 103 Å². The fourth-order valence-electron chi connectivity index (χ4n) is 4.14. The molecule has 2 unspecified atom stereocenters. The van der Waals surface area contributed by atoms with Crippen molar-refractivity contribution in [1.29, 1.82) is 0 Å². The minimum atomic E-state index is -0.518. The zero-order chi connectivity index (χ0) is 25.8. The van der Waals surface area contributed by atoms with E-state index in [0.717, 1.165) is 15.5 Å². The van der Waals surface area contributed by atoms with Gasteiger partial charge in [-0.15, -0.1) is 23.5 Å². The number of hydrogen-bond donors (Lipinski definition) is 3. The Bertz CT molecular complexity index is 1400. The molecule has 4 N–H and O–H groups in total. The Labute approximate surface area is 223 Å². The van der Waals surface area contributed by atoms with Crippen LogP contribution >= 0.6 is 23.5 Å². The number of urea groups is 1. The highest BCUT2D eigenvalue weighted by Gasteiger charge is 2.36. The van der Waals surface area contributed by atoms with Crippen molar-refractivity contribution >= 4 is 58.4 Å². The first kappa shape index (κ1) is 24.7. The molecule has 0 radical (unpaired) electrons. The second-order valence-electron chi connectivity index (χ2n) is 8.42. The summed E-state index contributed by atoms with van der Waals surface area (Å²) >= 11 is 3.13. The third kappa shape index (κ3) is 5.73. The third-order valence-electron chi connectivity index (χ3n) is 5.87. The van der Waals surface area contributed by atoms with E-state index in [2.05, 4.69) is 22.8 Å². The standard InChI is InChI=1S/C28H24N4O3S2/c29-27(34)18-12-14-19(15-13-18)30-26(33)17-36-21-7-5-6-20(16-21)31-28(35)32-22-8-1-3-10-24(22)37-25-11-4-2-9-23(25)32/h1-16,22,24H,17H2,(H2,29,34)(H,30,33)(H,31,35). The number of hydrogen-bond acceptors (Lipinski definition) is 5. The van der Waals surface area contributed by atoms with Gasteiger partial charge in [0.05, 0.1) is 22.7 Å². The molecule has 0 saturated carbocycles. The largest absolute Gasteiger partial charge is 0.366 e. The van der Waals surface area contributed by atoms with Gasteiger partial charge in [0.15, 0.2) is 0 Å². The molecule has 1 aliphatic carbocycles. The van der Waals surface area contributed by atoms with E-state index in [1.807, 2.05) is 65.6 Å². The van der Waals surface area contributed by atoms with Crippen LogP contribution in [0.4, 0.5) is 21.9 Å². The molecule has 7 nitrogen and oxygen atoms in total. The Morgan fingerprint density at radius 1 is 0.892 bits per heavy atom. The summed E-state index contributed by atoms with van der Waals surface area (Å²) < 4.78 is 0. The van der Waals surface area contributed by atoms with Gasteiger partial charge in [0.25, 0.3) is 0 Å². The summed E-state index contributed by atoms with van der Waals surface area (Å²) in [6, 6.07) is 21.5. The van der Waals surface area contributed by atoms with Crippen molar-refractivity contribution in [3.8, 4) is 0 Å². The molecule has 5 rings (SSSR count). The van der Waals surface area contributed by atoms with E-state index in [-0.39, 0.29) is 29.0 Å². The SMILES string of the molecule is NC(=O)c1ccc(NC(=O)CSc2cccc(NC(=O)N3c4ccccc4SC4C=CC=CC43)c2)cc1. The normalized spacial score (nSPS) is 17.5. The molecule has 1 heterocycles. The summed E-state index contributed by atoms with van der Waals surface area (Å²) in [5, 5.41) is 5.99. The number of amides is 4. The molecule has 2 atom stereocenters. The summed E-state index contributed by atoms with van der Waals surface area (Å²) in [4.78, 5) is 40.8. The average molecular weight is 529 g/mol. The number of rotatable bonds is 6. The van der Waals surface area contributed by atoms with Gasteiger partial charge in [0.2, 0.25) is 11.8 Å². The van der Waals surface area contributed by atoms with Gasteiger partial charge < -0.3 is 16.4 Å². The first-order valence-electron chi connectivity index (χ1n) is 11.6. The Balaban J connectivity index is 1.23. The smallest absolute Gasteiger partial charge is 0.326 e. The molecule has 0 bridgehead atoms. The van der Waals surface area contributed by atoms with Crippen molar-refractivity contribution in [2.45, 2.75) is 21.1 Å². The van der Waals surface area contributed by atoms with Crippen molar-refractivity contribution in [2.75, 3.05) is 21.3 Å². The van der Waals surface area contributed by atoms with Crippen molar-refractivity contribution < 1.29 is 14.4 Å². The molecule has 0 saturated heterocycles. The van der Waals surface area contributed by atoms with Gasteiger partial charge in [0.1, 0.15) is 0 Å². The third-order valence-corrected chi connectivity index (χ3v) is 8.17. The van der Waals surface area contributed by atoms with E-state index in [4.69, 9.17) is 5.73 Å². The van der Waals surface area contributed by atoms with Gasteiger partial charge >= 0.3 is 6.03 Å². The number of primary amides is 1. The van der Waals surface area contributed by atoms with Gasteiger partial charge in [-0.1, -0.05) is 42.5 Å². The van der Waals surface area contributed by atoms with Gasteiger partial charge in [-0.2, -0.15) is 0 Å². The van der Waals surface area contributed by atoms with Gasteiger partial charge in [-0.05, 0) is 54.6 Å². The highest BCUT2D eigenvalue weighted by atomic mass is 32.2. The van der Waals surface area contributed by atoms with Crippen LogP contribution in [-0.2, 0) is 4.79 Å². The molecule has 0 aromatic heterocycles. The summed E-state index contributed by atoms with van der Waals surface area (Å²) in [5.74, 6) is -0.514. The van der Waals surface area contributed by atoms with Crippen LogP contribution in [0.2, 0.25) is 0 Å². The van der Waals surface area contributed by atoms with Crippen LogP contribution in [0.15, 0.2) is 107 Å². The fourth-order valence-corrected chi connectivity index (χ4v) is 6.15. The number of carbonyl (C=O) groups is 3. The predicted molar refractivity (Wildman–Crippen MR) is 150 cm³/mol. The highest BCUT2D eigenvalue weighted by molar-refractivity contribution is 8.00. The van der Waals surface area contributed by atoms with Crippen LogP contribution in [0.1, 0.15) is 10.4 Å². The van der Waals surface area contributed by atoms with E-state index in [9.17, 15) is 14.4 Å². The molecule has 0 fully saturated rings. The fraction of sp³-hybridized carbons (Fsp3) is 0.107. The number of nitrogens with zero attached hydrogens (tertiary/aromatic N) is 1. The Kier molecular flexibility index (Phi) is 7.34. The second-order valence-corrected chi connectivity index (χ2v) is 10.7. The van der Waals surface area contributed by atoms with E-state index >= 15 is 0 Å². The van der Waals surface area contributed by atoms with Gasteiger partial charge in [0, 0.05) is 26.7 Å². The maximum Gasteiger partial charge on any atom is 0.326 e. The molecular weight excluding hydrogens is 504 g/mol. The molecule has 2 aliphatic rings. The lowest BCUT2D eigenvalue weighted by Crippen LogP contribution is -2.49. The Hall–Kier alpha value is -3.95. The minimum absolute atomic E-state index is 0.0804. The molecule has 4 amide bonds. The number of thioether (sulfide) groups is 2. The van der Waals surface area contributed by atoms with Crippen LogP contribution in [0.3, 0.4) is 0 Å². The molecule has 186 valence electrons. The zero-order valence-corrected chi connectivity index (χ0v) is 21.3. The summed E-state index contributed by atoms with van der Waals surface area (Å²) in [6.07, 6.45) is 8.18. The minimum Gasteiger partial charge on any atom is -0.366 e. The van der Waals surface area contributed by atoms with E-state index in [0.29, 0.717) is 16.9 Å². The number of para-hydroxylation sites is 1. The first-order chi connectivity index (χ1) is 18.0. The highest BCUT2D eigenvalue weighted by Crippen LogP contribution is 2.43. The molecule has 0 spiro atoms. The van der Waals surface area contributed by atoms with Gasteiger partial charge in [-0.25, -0.2) is 4.79 Å². The lowest BCUT2D eigenvalue weighted by Gasteiger charge is -2.40. The zero-order valence-electron chi connectivity index (χ0n) is 19.7. The monoisotopic (exact) mass is 528 g/mol. The Morgan fingerprint density at radius 2 is 1.68 bits per heavy atom. The molecule has 3 aromatic rings. The van der Waals surface area contributed by atoms with Crippen LogP contribution in [0.25, 0.3) is 0 Å². The van der Waals surface area contributed by atoms with Crippen LogP contribution < -0.4 is 21.3 Å². The summed E-state index contributed by atoms with van der Waals surface area (Å²) in [7, 11) is 0. The quantitative estimate of drug-likeness (QED) is 0.365. The molecule has 37 heavy (non-hydrogen) atoms. The van der Waals surface area contributed by atoms with Crippen LogP contribution in [0.5, 0.6) is 0 Å². The maximum atomic E-state index is 13.5. The first-order valence-corrected chi connectivity index (χ1v) is 13.5. The second kappa shape index (κ2) is 11.0. The lowest BCUT2D eigenvalue weighted by atomic mass is 10.1. The number of fused-ring (bicyclic) bond motifs is 2. The van der Waals surface area contributed by atoms with Crippen LogP contribution in [0, 0.1) is 0 Å². The molecule has 9 heteroatoms.